The Kier molecular flexibility index (Phi) is 2.83. The van der Waals surface area contributed by atoms with E-state index in [1.165, 1.54) is 0 Å². The third-order valence-electron chi connectivity index (χ3n) is 3.18. The number of nitrogens with one attached hydrogen (secondary N) is 1. The number of anilines is 1. The van der Waals surface area contributed by atoms with Gasteiger partial charge in [0, 0.05) is 11.8 Å². The van der Waals surface area contributed by atoms with E-state index in [0.717, 1.165) is 11.4 Å². The first-order valence-corrected chi connectivity index (χ1v) is 5.87. The van der Waals surface area contributed by atoms with Gasteiger partial charge in [-0.1, -0.05) is 0 Å². The van der Waals surface area contributed by atoms with E-state index in [2.05, 4.69) is 10.3 Å². The second kappa shape index (κ2) is 4.36. The summed E-state index contributed by atoms with van der Waals surface area (Å²) in [5.41, 5.74) is 6.80. The van der Waals surface area contributed by atoms with Crippen LogP contribution in [0.1, 0.15) is 24.9 Å². The van der Waals surface area contributed by atoms with Crippen molar-refractivity contribution in [1.29, 1.82) is 0 Å². The predicted molar refractivity (Wildman–Crippen MR) is 65.0 cm³/mol. The third-order valence-corrected chi connectivity index (χ3v) is 3.18. The third kappa shape index (κ3) is 1.72. The van der Waals surface area contributed by atoms with E-state index < -0.39 is 6.29 Å². The molecular weight excluding hydrogens is 236 g/mol. The summed E-state index contributed by atoms with van der Waals surface area (Å²) >= 11 is 0. The fraction of sp³-hybridized carbons (Fsp3) is 0.545. The highest BCUT2D eigenvalue weighted by Crippen LogP contribution is 2.35. The molecule has 0 aromatic carbocycles. The molecule has 7 heteroatoms. The SMILES string of the molecule is C[C@@H]1O[C@@H](CO)O[C@H]1n1ccc2c1NC=NC2N. The van der Waals surface area contributed by atoms with E-state index in [1.54, 1.807) is 6.34 Å². The van der Waals surface area contributed by atoms with Gasteiger partial charge in [-0.3, -0.25) is 4.99 Å². The van der Waals surface area contributed by atoms with Crippen LogP contribution in [0.3, 0.4) is 0 Å². The minimum atomic E-state index is -0.575. The Bertz CT molecular complexity index is 473. The van der Waals surface area contributed by atoms with Gasteiger partial charge in [0.2, 0.25) is 0 Å². The van der Waals surface area contributed by atoms with E-state index >= 15 is 0 Å². The van der Waals surface area contributed by atoms with Gasteiger partial charge in [-0.25, -0.2) is 0 Å². The summed E-state index contributed by atoms with van der Waals surface area (Å²) in [5.74, 6) is 0.858. The lowest BCUT2D eigenvalue weighted by atomic mass is 10.2. The minimum absolute atomic E-state index is 0.143. The molecule has 98 valence electrons. The number of aliphatic imine (C=N–C) groups is 1. The lowest BCUT2D eigenvalue weighted by molar-refractivity contribution is -0.102. The second-order valence-corrected chi connectivity index (χ2v) is 4.37. The van der Waals surface area contributed by atoms with Crippen molar-refractivity contribution in [3.8, 4) is 0 Å². The summed E-state index contributed by atoms with van der Waals surface area (Å²) in [4.78, 5) is 4.08. The molecule has 0 aliphatic carbocycles. The summed E-state index contributed by atoms with van der Waals surface area (Å²) in [6.45, 7) is 1.75. The number of aliphatic hydroxyl groups excluding tert-OH is 1. The lowest BCUT2D eigenvalue weighted by Gasteiger charge is -2.21. The molecule has 1 unspecified atom stereocenters. The highest BCUT2D eigenvalue weighted by Gasteiger charge is 2.35. The Balaban J connectivity index is 1.90. The summed E-state index contributed by atoms with van der Waals surface area (Å²) < 4.78 is 13.0. The van der Waals surface area contributed by atoms with Crippen molar-refractivity contribution in [1.82, 2.24) is 4.57 Å². The monoisotopic (exact) mass is 252 g/mol. The van der Waals surface area contributed by atoms with Crippen LogP contribution in [0, 0.1) is 0 Å². The fourth-order valence-electron chi connectivity index (χ4n) is 2.31. The maximum absolute atomic E-state index is 9.06. The zero-order valence-electron chi connectivity index (χ0n) is 9.98. The fourth-order valence-corrected chi connectivity index (χ4v) is 2.31. The average molecular weight is 252 g/mol. The Morgan fingerprint density at radius 1 is 1.56 bits per heavy atom. The first-order chi connectivity index (χ1) is 8.70. The molecule has 2 aliphatic rings. The molecule has 1 saturated heterocycles. The van der Waals surface area contributed by atoms with Crippen molar-refractivity contribution in [3.63, 3.8) is 0 Å². The Morgan fingerprint density at radius 2 is 2.39 bits per heavy atom. The van der Waals surface area contributed by atoms with Gasteiger partial charge < -0.3 is 30.2 Å². The Hall–Kier alpha value is -1.41. The van der Waals surface area contributed by atoms with E-state index in [9.17, 15) is 0 Å². The van der Waals surface area contributed by atoms with Gasteiger partial charge in [0.05, 0.1) is 12.9 Å². The van der Waals surface area contributed by atoms with Crippen molar-refractivity contribution in [2.75, 3.05) is 11.9 Å². The van der Waals surface area contributed by atoms with Crippen LogP contribution < -0.4 is 11.1 Å². The molecule has 0 radical (unpaired) electrons. The molecule has 1 fully saturated rings. The number of fused-ring (bicyclic) bond motifs is 1. The van der Waals surface area contributed by atoms with Crippen molar-refractivity contribution in [3.05, 3.63) is 17.8 Å². The molecule has 4 N–H and O–H groups in total. The molecule has 4 atom stereocenters. The molecule has 0 saturated carbocycles. The van der Waals surface area contributed by atoms with Crippen molar-refractivity contribution in [2.24, 2.45) is 10.7 Å². The van der Waals surface area contributed by atoms with Gasteiger partial charge in [-0.05, 0) is 13.0 Å². The summed E-state index contributed by atoms with van der Waals surface area (Å²) in [7, 11) is 0. The maximum atomic E-state index is 9.06. The van der Waals surface area contributed by atoms with E-state index in [1.807, 2.05) is 23.8 Å². The topological polar surface area (TPSA) is 94.0 Å². The van der Waals surface area contributed by atoms with E-state index in [4.69, 9.17) is 20.3 Å². The smallest absolute Gasteiger partial charge is 0.183 e. The summed E-state index contributed by atoms with van der Waals surface area (Å²) in [6.07, 6.45) is 2.11. The number of rotatable bonds is 2. The normalized spacial score (nSPS) is 34.4. The second-order valence-electron chi connectivity index (χ2n) is 4.37. The first kappa shape index (κ1) is 11.7. The molecule has 0 spiro atoms. The van der Waals surface area contributed by atoms with Gasteiger partial charge in [0.1, 0.15) is 18.1 Å². The van der Waals surface area contributed by atoms with Crippen molar-refractivity contribution in [2.45, 2.75) is 31.7 Å². The van der Waals surface area contributed by atoms with Gasteiger partial charge >= 0.3 is 0 Å². The van der Waals surface area contributed by atoms with Crippen LogP contribution >= 0.6 is 0 Å². The molecule has 0 bridgehead atoms. The molecule has 1 aromatic rings. The number of nitrogens with zero attached hydrogens (tertiary/aromatic N) is 2. The van der Waals surface area contributed by atoms with Crippen LogP contribution in [0.2, 0.25) is 0 Å². The zero-order valence-corrected chi connectivity index (χ0v) is 9.98. The molecule has 3 rings (SSSR count). The maximum Gasteiger partial charge on any atom is 0.183 e. The van der Waals surface area contributed by atoms with E-state index in [0.29, 0.717) is 0 Å². The molecular formula is C11H16N4O3. The standard InChI is InChI=1S/C11H16N4O3/c1-6-11(18-8(4-16)17-6)15-3-2-7-9(12)13-5-14-10(7)15/h2-3,5-6,8-9,11,16H,4,12H2,1H3,(H,13,14)/t6-,8+,9?,11+/m0/s1. The van der Waals surface area contributed by atoms with Gasteiger partial charge in [0.25, 0.3) is 0 Å². The van der Waals surface area contributed by atoms with Gasteiger partial charge in [-0.2, -0.15) is 0 Å². The van der Waals surface area contributed by atoms with Crippen molar-refractivity contribution < 1.29 is 14.6 Å². The van der Waals surface area contributed by atoms with Crippen LogP contribution in [0.15, 0.2) is 17.3 Å². The number of aliphatic hydroxyl groups is 1. The zero-order chi connectivity index (χ0) is 12.7. The number of nitrogens with two attached hydrogens (primary N) is 1. The van der Waals surface area contributed by atoms with Gasteiger partial charge in [0.15, 0.2) is 12.5 Å². The van der Waals surface area contributed by atoms with Crippen LogP contribution in [-0.4, -0.2) is 35.0 Å². The molecule has 0 amide bonds. The molecule has 2 aliphatic heterocycles. The first-order valence-electron chi connectivity index (χ1n) is 5.87. The van der Waals surface area contributed by atoms with Crippen molar-refractivity contribution >= 4 is 12.2 Å². The van der Waals surface area contributed by atoms with Crippen LogP contribution in [0.4, 0.5) is 5.82 Å². The highest BCUT2D eigenvalue weighted by atomic mass is 16.7. The number of hydrogen-bond donors (Lipinski definition) is 3. The molecule has 1 aromatic heterocycles. The number of aromatic nitrogens is 1. The number of ether oxygens (including phenoxy) is 2. The highest BCUT2D eigenvalue weighted by molar-refractivity contribution is 5.78. The quantitative estimate of drug-likeness (QED) is 0.696. The Labute approximate surface area is 104 Å². The van der Waals surface area contributed by atoms with Crippen LogP contribution in [0.25, 0.3) is 0 Å². The summed E-state index contributed by atoms with van der Waals surface area (Å²) in [5, 5.41) is 12.1. The van der Waals surface area contributed by atoms with Crippen LogP contribution in [-0.2, 0) is 9.47 Å². The Morgan fingerprint density at radius 3 is 3.11 bits per heavy atom. The lowest BCUT2D eigenvalue weighted by Crippen LogP contribution is -2.22. The summed E-state index contributed by atoms with van der Waals surface area (Å²) in [6, 6.07) is 1.91. The average Bonchev–Trinajstić information content (AvgIpc) is 2.93. The minimum Gasteiger partial charge on any atom is -0.391 e. The van der Waals surface area contributed by atoms with Gasteiger partial charge in [-0.15, -0.1) is 0 Å². The number of hydrogen-bond acceptors (Lipinski definition) is 6. The molecule has 18 heavy (non-hydrogen) atoms. The molecule has 3 heterocycles. The predicted octanol–water partition coefficient (Wildman–Crippen LogP) is 0.151. The largest absolute Gasteiger partial charge is 0.391 e. The van der Waals surface area contributed by atoms with Crippen LogP contribution in [0.5, 0.6) is 0 Å². The molecule has 7 nitrogen and oxygen atoms in total. The van der Waals surface area contributed by atoms with E-state index in [-0.39, 0.29) is 25.1 Å².